The van der Waals surface area contributed by atoms with Crippen LogP contribution in [-0.4, -0.2) is 17.1 Å². The van der Waals surface area contributed by atoms with Crippen LogP contribution in [0.4, 0.5) is 4.79 Å². The predicted molar refractivity (Wildman–Crippen MR) is 74.1 cm³/mol. The van der Waals surface area contributed by atoms with Gasteiger partial charge in [-0.2, -0.15) is 0 Å². The van der Waals surface area contributed by atoms with Gasteiger partial charge in [0.15, 0.2) is 0 Å². The molecular weight excluding hydrogens is 262 g/mol. The second-order valence-corrected chi connectivity index (χ2v) is 5.43. The molecule has 19 heavy (non-hydrogen) atoms. The van der Waals surface area contributed by atoms with Crippen LogP contribution in [0.1, 0.15) is 23.4 Å². The first-order valence-electron chi connectivity index (χ1n) is 6.11. The van der Waals surface area contributed by atoms with Crippen molar-refractivity contribution in [1.82, 2.24) is 15.6 Å². The number of hydrogen-bond donors (Lipinski definition) is 2. The van der Waals surface area contributed by atoms with Gasteiger partial charge in [0.05, 0.1) is 23.5 Å². The first kappa shape index (κ1) is 13.6. The number of furan rings is 1. The first-order valence-corrected chi connectivity index (χ1v) is 6.99. The number of urea groups is 1. The number of aryl methyl sites for hydroxylation is 1. The lowest BCUT2D eigenvalue weighted by Gasteiger charge is -2.12. The van der Waals surface area contributed by atoms with Crippen LogP contribution in [0.15, 0.2) is 28.2 Å². The van der Waals surface area contributed by atoms with Crippen LogP contribution in [0.2, 0.25) is 0 Å². The Hall–Kier alpha value is -1.82. The number of hydrogen-bond acceptors (Lipinski definition) is 4. The predicted octanol–water partition coefficient (Wildman–Crippen LogP) is 2.47. The van der Waals surface area contributed by atoms with Gasteiger partial charge in [-0.3, -0.25) is 0 Å². The molecular formula is C13H17N3O2S. The van der Waals surface area contributed by atoms with Crippen LogP contribution < -0.4 is 10.6 Å². The maximum absolute atomic E-state index is 11.7. The van der Waals surface area contributed by atoms with Gasteiger partial charge in [0.2, 0.25) is 0 Å². The number of carbonyl (C=O) groups is 1. The van der Waals surface area contributed by atoms with Crippen molar-refractivity contribution in [2.75, 3.05) is 0 Å². The van der Waals surface area contributed by atoms with Crippen molar-refractivity contribution in [3.63, 3.8) is 0 Å². The second-order valence-electron chi connectivity index (χ2n) is 4.37. The minimum absolute atomic E-state index is 0.0170. The Morgan fingerprint density at radius 1 is 1.58 bits per heavy atom. The molecule has 2 aromatic heterocycles. The van der Waals surface area contributed by atoms with Crippen molar-refractivity contribution in [2.24, 2.45) is 0 Å². The van der Waals surface area contributed by atoms with E-state index < -0.39 is 0 Å². The van der Waals surface area contributed by atoms with E-state index in [1.54, 1.807) is 17.6 Å². The van der Waals surface area contributed by atoms with Crippen LogP contribution in [0, 0.1) is 6.92 Å². The van der Waals surface area contributed by atoms with E-state index in [1.165, 1.54) is 0 Å². The number of nitrogens with one attached hydrogen (secondary N) is 2. The summed E-state index contributed by atoms with van der Waals surface area (Å²) in [6.45, 7) is 4.33. The summed E-state index contributed by atoms with van der Waals surface area (Å²) < 4.78 is 5.24. The molecule has 2 rings (SSSR count). The number of nitrogens with zero attached hydrogens (tertiary/aromatic N) is 1. The third kappa shape index (κ3) is 4.40. The summed E-state index contributed by atoms with van der Waals surface area (Å²) in [6.07, 6.45) is 2.31. The Morgan fingerprint density at radius 2 is 2.42 bits per heavy atom. The molecule has 6 heteroatoms. The van der Waals surface area contributed by atoms with Gasteiger partial charge in [-0.15, -0.1) is 11.3 Å². The zero-order valence-electron chi connectivity index (χ0n) is 11.0. The molecule has 5 nitrogen and oxygen atoms in total. The zero-order valence-corrected chi connectivity index (χ0v) is 11.8. The molecule has 102 valence electrons. The van der Waals surface area contributed by atoms with Crippen molar-refractivity contribution >= 4 is 17.4 Å². The highest BCUT2D eigenvalue weighted by Gasteiger charge is 2.09. The summed E-state index contributed by atoms with van der Waals surface area (Å²) in [5, 5.41) is 8.60. The summed E-state index contributed by atoms with van der Waals surface area (Å²) >= 11 is 1.58. The Morgan fingerprint density at radius 3 is 3.05 bits per heavy atom. The van der Waals surface area contributed by atoms with Gasteiger partial charge < -0.3 is 15.1 Å². The van der Waals surface area contributed by atoms with E-state index in [4.69, 9.17) is 4.42 Å². The lowest BCUT2D eigenvalue weighted by Crippen LogP contribution is -2.41. The highest BCUT2D eigenvalue weighted by Crippen LogP contribution is 2.07. The summed E-state index contributed by atoms with van der Waals surface area (Å²) in [6, 6.07) is 3.56. The molecule has 0 fully saturated rings. The van der Waals surface area contributed by atoms with Crippen LogP contribution in [0.3, 0.4) is 0 Å². The zero-order chi connectivity index (χ0) is 13.7. The second kappa shape index (κ2) is 6.38. The van der Waals surface area contributed by atoms with Crippen molar-refractivity contribution in [1.29, 1.82) is 0 Å². The Kier molecular flexibility index (Phi) is 4.57. The number of thiazole rings is 1. The quantitative estimate of drug-likeness (QED) is 0.883. The highest BCUT2D eigenvalue weighted by molar-refractivity contribution is 7.09. The molecule has 0 spiro atoms. The van der Waals surface area contributed by atoms with Gasteiger partial charge >= 0.3 is 6.03 Å². The van der Waals surface area contributed by atoms with Crippen LogP contribution >= 0.6 is 11.3 Å². The third-order valence-electron chi connectivity index (χ3n) is 2.56. The van der Waals surface area contributed by atoms with Crippen LogP contribution in [0.5, 0.6) is 0 Å². The summed E-state index contributed by atoms with van der Waals surface area (Å²) in [5.74, 6) is 0.864. The Bertz CT molecular complexity index is 522. The van der Waals surface area contributed by atoms with Crippen molar-refractivity contribution < 1.29 is 9.21 Å². The van der Waals surface area contributed by atoms with Gasteiger partial charge in [-0.05, 0) is 26.0 Å². The van der Waals surface area contributed by atoms with Crippen LogP contribution in [-0.2, 0) is 13.0 Å². The third-order valence-corrected chi connectivity index (χ3v) is 3.38. The average Bonchev–Trinajstić information content (AvgIpc) is 2.98. The molecule has 0 aliphatic rings. The fraction of sp³-hybridized carbons (Fsp3) is 0.385. The standard InChI is InChI=1S/C13H17N3O2S/c1-9(6-12-4-3-5-18-12)15-13(17)14-7-11-8-19-10(2)16-11/h3-5,8-9H,6-7H2,1-2H3,(H2,14,15,17)/t9-/m0/s1. The lowest BCUT2D eigenvalue weighted by atomic mass is 10.2. The van der Waals surface area contributed by atoms with Gasteiger partial charge in [-0.1, -0.05) is 0 Å². The smallest absolute Gasteiger partial charge is 0.315 e. The number of rotatable bonds is 5. The summed E-state index contributed by atoms with van der Waals surface area (Å²) in [4.78, 5) is 16.0. The molecule has 0 saturated heterocycles. The SMILES string of the molecule is Cc1nc(CNC(=O)N[C@@H](C)Cc2ccco2)cs1. The molecule has 0 aliphatic carbocycles. The first-order chi connectivity index (χ1) is 9.13. The van der Waals surface area contributed by atoms with E-state index in [0.29, 0.717) is 13.0 Å². The van der Waals surface area contributed by atoms with Gasteiger partial charge in [0, 0.05) is 17.8 Å². The van der Waals surface area contributed by atoms with Crippen LogP contribution in [0.25, 0.3) is 0 Å². The molecule has 1 atom stereocenters. The largest absolute Gasteiger partial charge is 0.469 e. The fourth-order valence-corrected chi connectivity index (χ4v) is 2.33. The van der Waals surface area contributed by atoms with E-state index in [-0.39, 0.29) is 12.1 Å². The Balaban J connectivity index is 1.71. The minimum atomic E-state index is -0.190. The summed E-state index contributed by atoms with van der Waals surface area (Å²) in [7, 11) is 0. The van der Waals surface area contributed by atoms with Crippen molar-refractivity contribution in [2.45, 2.75) is 32.9 Å². The van der Waals surface area contributed by atoms with E-state index in [0.717, 1.165) is 16.5 Å². The molecule has 2 amide bonds. The maximum Gasteiger partial charge on any atom is 0.315 e. The molecule has 2 N–H and O–H groups in total. The molecule has 2 aromatic rings. The Labute approximate surface area is 116 Å². The van der Waals surface area contributed by atoms with Gasteiger partial charge in [0.1, 0.15) is 5.76 Å². The molecule has 0 bridgehead atoms. The average molecular weight is 279 g/mol. The topological polar surface area (TPSA) is 67.2 Å². The molecule has 2 heterocycles. The van der Waals surface area contributed by atoms with Gasteiger partial charge in [0.25, 0.3) is 0 Å². The lowest BCUT2D eigenvalue weighted by molar-refractivity contribution is 0.237. The molecule has 0 unspecified atom stereocenters. The molecule has 0 radical (unpaired) electrons. The normalized spacial score (nSPS) is 12.1. The van der Waals surface area contributed by atoms with E-state index in [9.17, 15) is 4.79 Å². The van der Waals surface area contributed by atoms with E-state index >= 15 is 0 Å². The van der Waals surface area contributed by atoms with Crippen molar-refractivity contribution in [3.8, 4) is 0 Å². The fourth-order valence-electron chi connectivity index (χ4n) is 1.72. The molecule has 0 aromatic carbocycles. The number of aromatic nitrogens is 1. The maximum atomic E-state index is 11.7. The van der Waals surface area contributed by atoms with Crippen molar-refractivity contribution in [3.05, 3.63) is 40.2 Å². The van der Waals surface area contributed by atoms with E-state index in [1.807, 2.05) is 31.4 Å². The monoisotopic (exact) mass is 279 g/mol. The minimum Gasteiger partial charge on any atom is -0.469 e. The van der Waals surface area contributed by atoms with Gasteiger partial charge in [-0.25, -0.2) is 9.78 Å². The number of amides is 2. The highest BCUT2D eigenvalue weighted by atomic mass is 32.1. The molecule has 0 aliphatic heterocycles. The van der Waals surface area contributed by atoms with E-state index in [2.05, 4.69) is 15.6 Å². The molecule has 0 saturated carbocycles. The number of carbonyl (C=O) groups excluding carboxylic acids is 1. The summed E-state index contributed by atoms with van der Waals surface area (Å²) in [5.41, 5.74) is 0.885.